The normalized spacial score (nSPS) is 12.3. The van der Waals surface area contributed by atoms with Gasteiger partial charge in [0.2, 0.25) is 5.16 Å². The smallest absolute Gasteiger partial charge is 0.209 e. The van der Waals surface area contributed by atoms with Gasteiger partial charge in [-0.05, 0) is 31.2 Å². The lowest BCUT2D eigenvalue weighted by molar-refractivity contribution is -0.113. The Balaban J connectivity index is 2.40. The highest BCUT2D eigenvalue weighted by atomic mass is 32.2. The molecule has 7 nitrogen and oxygen atoms in total. The zero-order valence-corrected chi connectivity index (χ0v) is 12.9. The fourth-order valence-corrected chi connectivity index (χ4v) is 1.99. The molecular formula is C11H22N4O3S. The second-order valence-corrected chi connectivity index (χ2v) is 5.92. The molecule has 0 atom stereocenters. The number of ether oxygens (including phenoxy) is 3. The van der Waals surface area contributed by atoms with Crippen molar-refractivity contribution in [3.63, 3.8) is 0 Å². The molecule has 0 aromatic carbocycles. The molecule has 0 unspecified atom stereocenters. The lowest BCUT2D eigenvalue weighted by atomic mass is 10.2. The summed E-state index contributed by atoms with van der Waals surface area (Å²) in [5.41, 5.74) is -0.121. The maximum absolute atomic E-state index is 5.64. The van der Waals surface area contributed by atoms with Gasteiger partial charge in [0.15, 0.2) is 6.29 Å². The molecule has 0 aliphatic carbocycles. The van der Waals surface area contributed by atoms with Gasteiger partial charge in [0.25, 0.3) is 0 Å². The Hall–Kier alpha value is -0.700. The van der Waals surface area contributed by atoms with Crippen LogP contribution in [0.25, 0.3) is 0 Å². The third-order valence-corrected chi connectivity index (χ3v) is 3.12. The number of aromatic nitrogens is 4. The van der Waals surface area contributed by atoms with Gasteiger partial charge in [-0.3, -0.25) is 0 Å². The molecular weight excluding hydrogens is 268 g/mol. The van der Waals surface area contributed by atoms with E-state index in [1.54, 1.807) is 30.7 Å². The molecule has 0 radical (unpaired) electrons. The molecule has 1 aromatic rings. The number of thioether (sulfide) groups is 1. The standard InChI is InChI=1S/C11H22N4O3S/c1-11(2,3)18-6-7-19-10-12-13-14-15(10)8-9(16-4)17-5/h9H,6-8H2,1-5H3. The summed E-state index contributed by atoms with van der Waals surface area (Å²) in [5.74, 6) is 0.794. The van der Waals surface area contributed by atoms with Crippen LogP contribution in [0.3, 0.4) is 0 Å². The van der Waals surface area contributed by atoms with Crippen molar-refractivity contribution in [3.05, 3.63) is 0 Å². The Morgan fingerprint density at radius 2 is 1.95 bits per heavy atom. The molecule has 1 aromatic heterocycles. The Morgan fingerprint density at radius 3 is 2.53 bits per heavy atom. The molecule has 8 heteroatoms. The van der Waals surface area contributed by atoms with E-state index in [1.807, 2.05) is 20.8 Å². The molecule has 110 valence electrons. The predicted octanol–water partition coefficient (Wildman–Crippen LogP) is 1.20. The highest BCUT2D eigenvalue weighted by Crippen LogP contribution is 2.15. The van der Waals surface area contributed by atoms with Gasteiger partial charge in [-0.2, -0.15) is 0 Å². The van der Waals surface area contributed by atoms with E-state index in [-0.39, 0.29) is 11.9 Å². The first-order valence-electron chi connectivity index (χ1n) is 6.05. The Labute approximate surface area is 118 Å². The summed E-state index contributed by atoms with van der Waals surface area (Å²) in [7, 11) is 3.17. The topological polar surface area (TPSA) is 71.3 Å². The Morgan fingerprint density at radius 1 is 1.26 bits per heavy atom. The van der Waals surface area contributed by atoms with E-state index in [0.717, 1.165) is 10.9 Å². The molecule has 0 saturated carbocycles. The summed E-state index contributed by atoms with van der Waals surface area (Å²) >= 11 is 1.55. The first-order chi connectivity index (χ1) is 8.96. The number of nitrogens with zero attached hydrogens (tertiary/aromatic N) is 4. The summed E-state index contributed by atoms with van der Waals surface area (Å²) in [5, 5.41) is 12.3. The summed E-state index contributed by atoms with van der Waals surface area (Å²) < 4.78 is 17.6. The number of hydrogen-bond acceptors (Lipinski definition) is 7. The first kappa shape index (κ1) is 16.4. The number of hydrogen-bond donors (Lipinski definition) is 0. The van der Waals surface area contributed by atoms with Crippen LogP contribution in [-0.4, -0.2) is 58.7 Å². The largest absolute Gasteiger partial charge is 0.375 e. The van der Waals surface area contributed by atoms with Crippen molar-refractivity contribution in [1.82, 2.24) is 20.2 Å². The number of rotatable bonds is 8. The van der Waals surface area contributed by atoms with Crippen LogP contribution in [0, 0.1) is 0 Å². The SMILES string of the molecule is COC(Cn1nnnc1SCCOC(C)(C)C)OC. The third-order valence-electron chi connectivity index (χ3n) is 2.20. The maximum Gasteiger partial charge on any atom is 0.209 e. The van der Waals surface area contributed by atoms with Crippen molar-refractivity contribution < 1.29 is 14.2 Å². The first-order valence-corrected chi connectivity index (χ1v) is 7.03. The van der Waals surface area contributed by atoms with E-state index >= 15 is 0 Å². The lowest BCUT2D eigenvalue weighted by Crippen LogP contribution is -2.22. The van der Waals surface area contributed by atoms with Crippen LogP contribution in [0.4, 0.5) is 0 Å². The predicted molar refractivity (Wildman–Crippen MR) is 72.1 cm³/mol. The lowest BCUT2D eigenvalue weighted by Gasteiger charge is -2.19. The highest BCUT2D eigenvalue weighted by Gasteiger charge is 2.14. The average molecular weight is 290 g/mol. The van der Waals surface area contributed by atoms with E-state index in [9.17, 15) is 0 Å². The van der Waals surface area contributed by atoms with Crippen LogP contribution in [0.1, 0.15) is 20.8 Å². The molecule has 1 rings (SSSR count). The van der Waals surface area contributed by atoms with Gasteiger partial charge in [0.05, 0.1) is 18.8 Å². The minimum Gasteiger partial charge on any atom is -0.375 e. The number of methoxy groups -OCH3 is 2. The minimum atomic E-state index is -0.353. The second kappa shape index (κ2) is 7.78. The molecule has 0 spiro atoms. The molecule has 0 bridgehead atoms. The van der Waals surface area contributed by atoms with Crippen LogP contribution in [0.15, 0.2) is 5.16 Å². The zero-order valence-electron chi connectivity index (χ0n) is 12.1. The molecule has 0 fully saturated rings. The molecule has 0 aliphatic rings. The molecule has 1 heterocycles. The van der Waals surface area contributed by atoms with E-state index in [0.29, 0.717) is 13.2 Å². The van der Waals surface area contributed by atoms with Crippen LogP contribution in [-0.2, 0) is 20.8 Å². The van der Waals surface area contributed by atoms with Gasteiger partial charge in [-0.1, -0.05) is 11.8 Å². The van der Waals surface area contributed by atoms with Gasteiger partial charge in [0, 0.05) is 20.0 Å². The highest BCUT2D eigenvalue weighted by molar-refractivity contribution is 7.99. The van der Waals surface area contributed by atoms with Gasteiger partial charge in [0.1, 0.15) is 0 Å². The van der Waals surface area contributed by atoms with Gasteiger partial charge in [-0.25, -0.2) is 4.68 Å². The molecule has 0 saturated heterocycles. The number of tetrazole rings is 1. The average Bonchev–Trinajstić information content (AvgIpc) is 2.78. The second-order valence-electron chi connectivity index (χ2n) is 4.85. The fraction of sp³-hybridized carbons (Fsp3) is 0.909. The summed E-state index contributed by atoms with van der Waals surface area (Å²) in [6, 6.07) is 0. The third kappa shape index (κ3) is 6.33. The van der Waals surface area contributed by atoms with E-state index in [4.69, 9.17) is 14.2 Å². The van der Waals surface area contributed by atoms with Crippen molar-refractivity contribution in [2.75, 3.05) is 26.6 Å². The summed E-state index contributed by atoms with van der Waals surface area (Å²) in [4.78, 5) is 0. The molecule has 0 N–H and O–H groups in total. The van der Waals surface area contributed by atoms with Crippen LogP contribution in [0.5, 0.6) is 0 Å². The van der Waals surface area contributed by atoms with Crippen molar-refractivity contribution in [2.45, 2.75) is 44.4 Å². The monoisotopic (exact) mass is 290 g/mol. The van der Waals surface area contributed by atoms with Crippen molar-refractivity contribution >= 4 is 11.8 Å². The molecule has 19 heavy (non-hydrogen) atoms. The zero-order chi connectivity index (χ0) is 14.3. The van der Waals surface area contributed by atoms with Gasteiger partial charge < -0.3 is 14.2 Å². The molecule has 0 amide bonds. The van der Waals surface area contributed by atoms with Crippen LogP contribution in [0.2, 0.25) is 0 Å². The van der Waals surface area contributed by atoms with Crippen molar-refractivity contribution in [3.8, 4) is 0 Å². The minimum absolute atomic E-state index is 0.121. The van der Waals surface area contributed by atoms with Gasteiger partial charge in [-0.15, -0.1) is 5.10 Å². The van der Waals surface area contributed by atoms with Crippen molar-refractivity contribution in [2.24, 2.45) is 0 Å². The van der Waals surface area contributed by atoms with Crippen LogP contribution < -0.4 is 0 Å². The van der Waals surface area contributed by atoms with Gasteiger partial charge >= 0.3 is 0 Å². The maximum atomic E-state index is 5.64. The van der Waals surface area contributed by atoms with E-state index in [2.05, 4.69) is 15.5 Å². The Bertz CT molecular complexity index is 363. The fourth-order valence-electron chi connectivity index (χ4n) is 1.28. The quantitative estimate of drug-likeness (QED) is 0.404. The van der Waals surface area contributed by atoms with E-state index in [1.165, 1.54) is 0 Å². The summed E-state index contributed by atoms with van der Waals surface area (Å²) in [6.07, 6.45) is -0.353. The van der Waals surface area contributed by atoms with Crippen LogP contribution >= 0.6 is 11.8 Å². The van der Waals surface area contributed by atoms with E-state index < -0.39 is 0 Å². The Kier molecular flexibility index (Phi) is 6.70. The van der Waals surface area contributed by atoms with Crippen molar-refractivity contribution in [1.29, 1.82) is 0 Å². The summed E-state index contributed by atoms with van der Waals surface area (Å²) in [6.45, 7) is 7.21. The molecule has 0 aliphatic heterocycles.